The van der Waals surface area contributed by atoms with E-state index in [2.05, 4.69) is 5.32 Å². The third-order valence-corrected chi connectivity index (χ3v) is 3.67. The zero-order valence-corrected chi connectivity index (χ0v) is 14.0. The van der Waals surface area contributed by atoms with Crippen LogP contribution >= 0.6 is 0 Å². The lowest BCUT2D eigenvalue weighted by atomic mass is 10.1. The third kappa shape index (κ3) is 3.39. The number of benzene rings is 2. The molecule has 1 N–H and O–H groups in total. The molecular formula is C18H21NO4. The van der Waals surface area contributed by atoms with E-state index in [-0.39, 0.29) is 5.91 Å². The molecule has 2 aromatic rings. The molecule has 122 valence electrons. The Kier molecular flexibility index (Phi) is 5.11. The molecule has 0 fully saturated rings. The van der Waals surface area contributed by atoms with Gasteiger partial charge in [0.15, 0.2) is 11.5 Å². The van der Waals surface area contributed by atoms with Crippen molar-refractivity contribution < 1.29 is 19.0 Å². The molecule has 2 aromatic carbocycles. The summed E-state index contributed by atoms with van der Waals surface area (Å²) >= 11 is 0. The molecule has 0 radical (unpaired) electrons. The number of carbonyl (C=O) groups is 1. The van der Waals surface area contributed by atoms with E-state index >= 15 is 0 Å². The number of methoxy groups -OCH3 is 3. The van der Waals surface area contributed by atoms with Gasteiger partial charge in [-0.15, -0.1) is 0 Å². The van der Waals surface area contributed by atoms with Crippen LogP contribution in [0, 0.1) is 13.8 Å². The van der Waals surface area contributed by atoms with Crippen LogP contribution in [0.4, 0.5) is 5.69 Å². The van der Waals surface area contributed by atoms with Gasteiger partial charge in [-0.1, -0.05) is 18.2 Å². The van der Waals surface area contributed by atoms with Crippen LogP contribution in [0.15, 0.2) is 30.3 Å². The molecular weight excluding hydrogens is 294 g/mol. The summed E-state index contributed by atoms with van der Waals surface area (Å²) in [6, 6.07) is 9.11. The Morgan fingerprint density at radius 3 is 1.91 bits per heavy atom. The van der Waals surface area contributed by atoms with E-state index in [9.17, 15) is 4.79 Å². The Balaban J connectivity index is 2.42. The summed E-state index contributed by atoms with van der Waals surface area (Å²) in [4.78, 5) is 12.7. The summed E-state index contributed by atoms with van der Waals surface area (Å²) in [5.41, 5.74) is 3.18. The van der Waals surface area contributed by atoms with E-state index < -0.39 is 0 Å². The molecule has 0 spiro atoms. The number of para-hydroxylation sites is 1. The average molecular weight is 315 g/mol. The van der Waals surface area contributed by atoms with Crippen molar-refractivity contribution in [2.24, 2.45) is 0 Å². The molecule has 5 heteroatoms. The standard InChI is InChI=1S/C18H21NO4/c1-11-7-6-8-12(2)17(11)19-18(20)13-9-15(22-4)16(23-5)10-14(13)21-3/h6-10H,1-5H3,(H,19,20). The summed E-state index contributed by atoms with van der Waals surface area (Å²) in [6.07, 6.45) is 0. The van der Waals surface area contributed by atoms with Gasteiger partial charge in [0.05, 0.1) is 26.9 Å². The number of hydrogen-bond donors (Lipinski definition) is 1. The summed E-state index contributed by atoms with van der Waals surface area (Å²) < 4.78 is 15.8. The van der Waals surface area contributed by atoms with Gasteiger partial charge in [-0.3, -0.25) is 4.79 Å². The maximum atomic E-state index is 12.7. The van der Waals surface area contributed by atoms with Crippen molar-refractivity contribution in [2.45, 2.75) is 13.8 Å². The number of carbonyl (C=O) groups excluding carboxylic acids is 1. The van der Waals surface area contributed by atoms with Crippen LogP contribution in [0.5, 0.6) is 17.2 Å². The Morgan fingerprint density at radius 2 is 1.39 bits per heavy atom. The minimum Gasteiger partial charge on any atom is -0.496 e. The van der Waals surface area contributed by atoms with Gasteiger partial charge in [0, 0.05) is 17.8 Å². The van der Waals surface area contributed by atoms with Crippen LogP contribution in [-0.2, 0) is 0 Å². The number of amides is 1. The minimum absolute atomic E-state index is 0.264. The molecule has 0 atom stereocenters. The monoisotopic (exact) mass is 315 g/mol. The van der Waals surface area contributed by atoms with Crippen molar-refractivity contribution in [3.63, 3.8) is 0 Å². The van der Waals surface area contributed by atoms with Gasteiger partial charge in [-0.05, 0) is 25.0 Å². The molecule has 0 saturated carbocycles. The first-order valence-electron chi connectivity index (χ1n) is 7.19. The van der Waals surface area contributed by atoms with Crippen molar-refractivity contribution >= 4 is 11.6 Å². The lowest BCUT2D eigenvalue weighted by molar-refractivity contribution is 0.102. The molecule has 0 bridgehead atoms. The number of nitrogens with one attached hydrogen (secondary N) is 1. The first-order chi connectivity index (χ1) is 11.0. The molecule has 0 aliphatic rings. The molecule has 0 aromatic heterocycles. The molecule has 0 aliphatic heterocycles. The molecule has 5 nitrogen and oxygen atoms in total. The quantitative estimate of drug-likeness (QED) is 0.916. The predicted octanol–water partition coefficient (Wildman–Crippen LogP) is 3.58. The number of hydrogen-bond acceptors (Lipinski definition) is 4. The van der Waals surface area contributed by atoms with Crippen LogP contribution in [0.3, 0.4) is 0 Å². The van der Waals surface area contributed by atoms with Crippen molar-refractivity contribution in [2.75, 3.05) is 26.6 Å². The molecule has 1 amide bonds. The fourth-order valence-electron chi connectivity index (χ4n) is 2.40. The zero-order chi connectivity index (χ0) is 17.0. The van der Waals surface area contributed by atoms with E-state index in [1.807, 2.05) is 32.0 Å². The molecule has 0 aliphatic carbocycles. The fourth-order valence-corrected chi connectivity index (χ4v) is 2.40. The topological polar surface area (TPSA) is 56.8 Å². The highest BCUT2D eigenvalue weighted by Gasteiger charge is 2.18. The zero-order valence-electron chi connectivity index (χ0n) is 14.0. The molecule has 0 unspecified atom stereocenters. The van der Waals surface area contributed by atoms with Crippen LogP contribution in [0.2, 0.25) is 0 Å². The average Bonchev–Trinajstić information content (AvgIpc) is 2.56. The van der Waals surface area contributed by atoms with Gasteiger partial charge in [0.1, 0.15) is 5.75 Å². The molecule has 2 rings (SSSR count). The van der Waals surface area contributed by atoms with E-state index in [1.165, 1.54) is 21.3 Å². The Hall–Kier alpha value is -2.69. The van der Waals surface area contributed by atoms with Crippen molar-refractivity contribution in [3.8, 4) is 17.2 Å². The maximum absolute atomic E-state index is 12.7. The smallest absolute Gasteiger partial charge is 0.259 e. The molecule has 23 heavy (non-hydrogen) atoms. The Labute approximate surface area is 136 Å². The van der Waals surface area contributed by atoms with Crippen molar-refractivity contribution in [3.05, 3.63) is 47.0 Å². The highest BCUT2D eigenvalue weighted by molar-refractivity contribution is 6.07. The first kappa shape index (κ1) is 16.7. The summed E-state index contributed by atoms with van der Waals surface area (Å²) in [6.45, 7) is 3.91. The van der Waals surface area contributed by atoms with Crippen molar-refractivity contribution in [1.29, 1.82) is 0 Å². The SMILES string of the molecule is COc1cc(OC)c(C(=O)Nc2c(C)cccc2C)cc1OC. The van der Waals surface area contributed by atoms with Gasteiger partial charge < -0.3 is 19.5 Å². The van der Waals surface area contributed by atoms with Gasteiger partial charge in [0.25, 0.3) is 5.91 Å². The highest BCUT2D eigenvalue weighted by atomic mass is 16.5. The lowest BCUT2D eigenvalue weighted by Crippen LogP contribution is -2.15. The minimum atomic E-state index is -0.264. The Morgan fingerprint density at radius 1 is 0.870 bits per heavy atom. The maximum Gasteiger partial charge on any atom is 0.259 e. The van der Waals surface area contributed by atoms with Crippen LogP contribution < -0.4 is 19.5 Å². The summed E-state index contributed by atoms with van der Waals surface area (Å²) in [5.74, 6) is 1.14. The number of aryl methyl sites for hydroxylation is 2. The largest absolute Gasteiger partial charge is 0.496 e. The van der Waals surface area contributed by atoms with Gasteiger partial charge in [-0.2, -0.15) is 0 Å². The predicted molar refractivity (Wildman–Crippen MR) is 90.0 cm³/mol. The van der Waals surface area contributed by atoms with E-state index in [1.54, 1.807) is 12.1 Å². The molecule has 0 saturated heterocycles. The second-order valence-electron chi connectivity index (χ2n) is 5.13. The summed E-state index contributed by atoms with van der Waals surface area (Å²) in [7, 11) is 4.57. The number of rotatable bonds is 5. The Bertz CT molecular complexity index is 705. The third-order valence-electron chi connectivity index (χ3n) is 3.67. The van der Waals surface area contributed by atoms with Gasteiger partial charge in [-0.25, -0.2) is 0 Å². The fraction of sp³-hybridized carbons (Fsp3) is 0.278. The van der Waals surface area contributed by atoms with Crippen LogP contribution in [0.25, 0.3) is 0 Å². The normalized spacial score (nSPS) is 10.1. The van der Waals surface area contributed by atoms with E-state index in [0.717, 1.165) is 16.8 Å². The second-order valence-corrected chi connectivity index (χ2v) is 5.13. The number of ether oxygens (including phenoxy) is 3. The lowest BCUT2D eigenvalue weighted by Gasteiger charge is -2.15. The van der Waals surface area contributed by atoms with E-state index in [4.69, 9.17) is 14.2 Å². The highest BCUT2D eigenvalue weighted by Crippen LogP contribution is 2.35. The van der Waals surface area contributed by atoms with Gasteiger partial charge >= 0.3 is 0 Å². The van der Waals surface area contributed by atoms with Crippen LogP contribution in [0.1, 0.15) is 21.5 Å². The van der Waals surface area contributed by atoms with Gasteiger partial charge in [0.2, 0.25) is 0 Å². The summed E-state index contributed by atoms with van der Waals surface area (Å²) in [5, 5.41) is 2.94. The van der Waals surface area contributed by atoms with Crippen LogP contribution in [-0.4, -0.2) is 27.2 Å². The van der Waals surface area contributed by atoms with Crippen molar-refractivity contribution in [1.82, 2.24) is 0 Å². The second kappa shape index (κ2) is 7.05. The number of anilines is 1. The molecule has 0 heterocycles. The van der Waals surface area contributed by atoms with E-state index in [0.29, 0.717) is 22.8 Å². The first-order valence-corrected chi connectivity index (χ1v) is 7.19.